The van der Waals surface area contributed by atoms with Crippen molar-refractivity contribution in [3.63, 3.8) is 0 Å². The molecule has 0 radical (unpaired) electrons. The minimum Gasteiger partial charge on any atom is -0.337 e. The van der Waals surface area contributed by atoms with Gasteiger partial charge in [0.2, 0.25) is 5.91 Å². The SMILES string of the molecule is O=C(CSc1nnc(CN2CCCCC2)n1Cc1ccccc1)N1CCc2ccccc2C1. The van der Waals surface area contributed by atoms with E-state index in [0.29, 0.717) is 12.3 Å². The average Bonchev–Trinajstić information content (AvgIpc) is 3.24. The summed E-state index contributed by atoms with van der Waals surface area (Å²) in [5, 5.41) is 9.89. The quantitative estimate of drug-likeness (QED) is 0.498. The van der Waals surface area contributed by atoms with Crippen LogP contribution in [0.1, 0.15) is 41.8 Å². The second kappa shape index (κ2) is 10.5. The van der Waals surface area contributed by atoms with Gasteiger partial charge in [-0.3, -0.25) is 9.69 Å². The molecule has 1 fully saturated rings. The first-order valence-corrected chi connectivity index (χ1v) is 12.9. The van der Waals surface area contributed by atoms with Gasteiger partial charge in [-0.05, 0) is 49.0 Å². The number of rotatable bonds is 7. The predicted octanol–water partition coefficient (Wildman–Crippen LogP) is 3.99. The number of likely N-dealkylation sites (tertiary alicyclic amines) is 1. The van der Waals surface area contributed by atoms with Gasteiger partial charge in [0.05, 0.1) is 18.8 Å². The fourth-order valence-electron chi connectivity index (χ4n) is 4.71. The fraction of sp³-hybridized carbons (Fsp3) is 0.423. The lowest BCUT2D eigenvalue weighted by Gasteiger charge is -2.28. The molecule has 172 valence electrons. The van der Waals surface area contributed by atoms with Gasteiger partial charge >= 0.3 is 0 Å². The van der Waals surface area contributed by atoms with Gasteiger partial charge in [0.1, 0.15) is 5.82 Å². The summed E-state index contributed by atoms with van der Waals surface area (Å²) in [5.41, 5.74) is 3.84. The fourth-order valence-corrected chi connectivity index (χ4v) is 5.57. The molecule has 1 amide bonds. The lowest BCUT2D eigenvalue weighted by Crippen LogP contribution is -2.37. The highest BCUT2D eigenvalue weighted by Gasteiger charge is 2.22. The Morgan fingerprint density at radius 1 is 0.848 bits per heavy atom. The Hall–Kier alpha value is -2.64. The van der Waals surface area contributed by atoms with E-state index in [9.17, 15) is 4.79 Å². The smallest absolute Gasteiger partial charge is 0.233 e. The molecule has 2 aromatic carbocycles. The molecule has 1 aromatic heterocycles. The molecule has 0 bridgehead atoms. The molecule has 6 nitrogen and oxygen atoms in total. The molecule has 0 spiro atoms. The van der Waals surface area contributed by atoms with Gasteiger partial charge in [0.25, 0.3) is 0 Å². The Labute approximate surface area is 200 Å². The maximum Gasteiger partial charge on any atom is 0.233 e. The number of benzene rings is 2. The number of fused-ring (bicyclic) bond motifs is 1. The van der Waals surface area contributed by atoms with E-state index in [0.717, 1.165) is 50.1 Å². The standard InChI is InChI=1S/C26H31N5OS/c32-25(30-16-13-22-11-5-6-12-23(22)18-30)20-33-26-28-27-24(19-29-14-7-2-8-15-29)31(26)17-21-9-3-1-4-10-21/h1,3-6,9-12H,2,7-8,13-20H2. The van der Waals surface area contributed by atoms with E-state index in [1.165, 1.54) is 47.7 Å². The number of aromatic nitrogens is 3. The highest BCUT2D eigenvalue weighted by atomic mass is 32.2. The van der Waals surface area contributed by atoms with E-state index >= 15 is 0 Å². The van der Waals surface area contributed by atoms with Crippen LogP contribution in [0.3, 0.4) is 0 Å². The lowest BCUT2D eigenvalue weighted by atomic mass is 10.00. The van der Waals surface area contributed by atoms with Gasteiger partial charge < -0.3 is 9.47 Å². The monoisotopic (exact) mass is 461 g/mol. The lowest BCUT2D eigenvalue weighted by molar-refractivity contribution is -0.129. The van der Waals surface area contributed by atoms with E-state index in [4.69, 9.17) is 0 Å². The summed E-state index contributed by atoms with van der Waals surface area (Å²) in [6, 6.07) is 18.9. The summed E-state index contributed by atoms with van der Waals surface area (Å²) >= 11 is 1.51. The normalized spacial score (nSPS) is 16.5. The van der Waals surface area contributed by atoms with Crippen LogP contribution in [-0.2, 0) is 30.8 Å². The molecule has 2 aliphatic heterocycles. The first-order valence-electron chi connectivity index (χ1n) is 11.9. The Morgan fingerprint density at radius 2 is 1.61 bits per heavy atom. The molecule has 0 N–H and O–H groups in total. The molecule has 1 saturated heterocycles. The van der Waals surface area contributed by atoms with Crippen LogP contribution in [0.25, 0.3) is 0 Å². The van der Waals surface area contributed by atoms with E-state index in [-0.39, 0.29) is 5.91 Å². The molecule has 7 heteroatoms. The molecule has 33 heavy (non-hydrogen) atoms. The molecule has 5 rings (SSSR count). The second-order valence-corrected chi connectivity index (χ2v) is 9.87. The van der Waals surface area contributed by atoms with Crippen molar-refractivity contribution in [3.8, 4) is 0 Å². The van der Waals surface area contributed by atoms with Crippen molar-refractivity contribution in [3.05, 3.63) is 77.1 Å². The number of carbonyl (C=O) groups excluding carboxylic acids is 1. The zero-order valence-corrected chi connectivity index (χ0v) is 19.8. The van der Waals surface area contributed by atoms with Crippen LogP contribution in [0.5, 0.6) is 0 Å². The van der Waals surface area contributed by atoms with E-state index in [1.54, 1.807) is 0 Å². The number of hydrogen-bond donors (Lipinski definition) is 0. The van der Waals surface area contributed by atoms with Crippen molar-refractivity contribution in [2.24, 2.45) is 0 Å². The molecular formula is C26H31N5OS. The summed E-state index contributed by atoms with van der Waals surface area (Å²) in [6.07, 6.45) is 4.75. The highest BCUT2D eigenvalue weighted by molar-refractivity contribution is 7.99. The van der Waals surface area contributed by atoms with Crippen LogP contribution >= 0.6 is 11.8 Å². The van der Waals surface area contributed by atoms with Gasteiger partial charge in [0.15, 0.2) is 5.16 Å². The van der Waals surface area contributed by atoms with Gasteiger partial charge in [-0.15, -0.1) is 10.2 Å². The molecule has 0 aliphatic carbocycles. The van der Waals surface area contributed by atoms with Crippen LogP contribution in [0, 0.1) is 0 Å². The number of thioether (sulfide) groups is 1. The van der Waals surface area contributed by atoms with Crippen molar-refractivity contribution in [1.82, 2.24) is 24.6 Å². The topological polar surface area (TPSA) is 54.3 Å². The van der Waals surface area contributed by atoms with Crippen LogP contribution < -0.4 is 0 Å². The van der Waals surface area contributed by atoms with Gasteiger partial charge in [-0.25, -0.2) is 0 Å². The Kier molecular flexibility index (Phi) is 7.07. The summed E-state index contributed by atoms with van der Waals surface area (Å²) in [5.74, 6) is 1.54. The van der Waals surface area contributed by atoms with Gasteiger partial charge in [-0.1, -0.05) is 72.8 Å². The molecular weight excluding hydrogens is 430 g/mol. The van der Waals surface area contributed by atoms with Crippen molar-refractivity contribution < 1.29 is 4.79 Å². The Morgan fingerprint density at radius 3 is 2.42 bits per heavy atom. The maximum absolute atomic E-state index is 13.0. The summed E-state index contributed by atoms with van der Waals surface area (Å²) in [4.78, 5) is 17.5. The Bertz CT molecular complexity index is 1080. The molecule has 3 aromatic rings. The molecule has 0 unspecified atom stereocenters. The first-order chi connectivity index (χ1) is 16.3. The molecule has 0 atom stereocenters. The molecule has 3 heterocycles. The van der Waals surface area contributed by atoms with Gasteiger partial charge in [-0.2, -0.15) is 0 Å². The van der Waals surface area contributed by atoms with Crippen molar-refractivity contribution in [2.75, 3.05) is 25.4 Å². The van der Waals surface area contributed by atoms with Crippen LogP contribution in [0.4, 0.5) is 0 Å². The van der Waals surface area contributed by atoms with E-state index in [2.05, 4.69) is 68.2 Å². The molecule has 0 saturated carbocycles. The second-order valence-electron chi connectivity index (χ2n) is 8.93. The van der Waals surface area contributed by atoms with E-state index in [1.807, 2.05) is 11.0 Å². The van der Waals surface area contributed by atoms with Crippen molar-refractivity contribution in [1.29, 1.82) is 0 Å². The Balaban J connectivity index is 1.28. The van der Waals surface area contributed by atoms with Crippen molar-refractivity contribution in [2.45, 2.75) is 50.5 Å². The maximum atomic E-state index is 13.0. The largest absolute Gasteiger partial charge is 0.337 e. The van der Waals surface area contributed by atoms with E-state index < -0.39 is 0 Å². The minimum atomic E-state index is 0.168. The predicted molar refractivity (Wildman–Crippen MR) is 131 cm³/mol. The minimum absolute atomic E-state index is 0.168. The van der Waals surface area contributed by atoms with Crippen molar-refractivity contribution >= 4 is 17.7 Å². The number of hydrogen-bond acceptors (Lipinski definition) is 5. The number of carbonyl (C=O) groups is 1. The first kappa shape index (κ1) is 22.2. The highest BCUT2D eigenvalue weighted by Crippen LogP contribution is 2.23. The third kappa shape index (κ3) is 5.47. The zero-order valence-electron chi connectivity index (χ0n) is 19.0. The average molecular weight is 462 g/mol. The zero-order chi connectivity index (χ0) is 22.5. The van der Waals surface area contributed by atoms with Crippen LogP contribution in [-0.4, -0.2) is 55.9 Å². The number of amides is 1. The summed E-state index contributed by atoms with van der Waals surface area (Å²) < 4.78 is 2.20. The molecule has 2 aliphatic rings. The van der Waals surface area contributed by atoms with Crippen LogP contribution in [0.15, 0.2) is 59.8 Å². The number of nitrogens with zero attached hydrogens (tertiary/aromatic N) is 5. The third-order valence-electron chi connectivity index (χ3n) is 6.60. The van der Waals surface area contributed by atoms with Crippen LogP contribution in [0.2, 0.25) is 0 Å². The van der Waals surface area contributed by atoms with Gasteiger partial charge in [0, 0.05) is 13.1 Å². The number of piperidine rings is 1. The summed E-state index contributed by atoms with van der Waals surface area (Å²) in [6.45, 7) is 5.27. The summed E-state index contributed by atoms with van der Waals surface area (Å²) in [7, 11) is 0. The third-order valence-corrected chi connectivity index (χ3v) is 7.55.